The second kappa shape index (κ2) is 7.65. The van der Waals surface area contributed by atoms with E-state index in [0.29, 0.717) is 13.2 Å². The van der Waals surface area contributed by atoms with Crippen LogP contribution in [0.15, 0.2) is 12.3 Å². The van der Waals surface area contributed by atoms with Gasteiger partial charge in [0.05, 0.1) is 18.1 Å². The summed E-state index contributed by atoms with van der Waals surface area (Å²) in [6, 6.07) is 2.88. The van der Waals surface area contributed by atoms with Crippen molar-refractivity contribution in [3.63, 3.8) is 0 Å². The third-order valence-electron chi connectivity index (χ3n) is 2.25. The zero-order valence-corrected chi connectivity index (χ0v) is 10.8. The molecule has 0 spiro atoms. The average Bonchev–Trinajstić information content (AvgIpc) is 2.45. The molecular formula is C11H13N5O4. The van der Waals surface area contributed by atoms with Gasteiger partial charge in [0.25, 0.3) is 5.69 Å². The summed E-state index contributed by atoms with van der Waals surface area (Å²) >= 11 is 0. The first-order valence-corrected chi connectivity index (χ1v) is 5.62. The van der Waals surface area contributed by atoms with Crippen LogP contribution in [0.2, 0.25) is 0 Å². The van der Waals surface area contributed by atoms with Crippen LogP contribution < -0.4 is 10.6 Å². The number of anilines is 1. The lowest BCUT2D eigenvalue weighted by Gasteiger charge is -2.07. The first-order valence-electron chi connectivity index (χ1n) is 5.62. The molecule has 1 amide bonds. The number of pyridine rings is 1. The molecule has 20 heavy (non-hydrogen) atoms. The molecular weight excluding hydrogens is 266 g/mol. The van der Waals surface area contributed by atoms with Gasteiger partial charge in [0.2, 0.25) is 5.91 Å². The molecule has 9 heteroatoms. The summed E-state index contributed by atoms with van der Waals surface area (Å²) in [4.78, 5) is 25.1. The van der Waals surface area contributed by atoms with Gasteiger partial charge < -0.3 is 15.4 Å². The van der Waals surface area contributed by atoms with E-state index in [0.717, 1.165) is 12.3 Å². The van der Waals surface area contributed by atoms with Gasteiger partial charge >= 0.3 is 0 Å². The number of amides is 1. The Morgan fingerprint density at radius 2 is 2.40 bits per heavy atom. The van der Waals surface area contributed by atoms with E-state index in [4.69, 9.17) is 10.00 Å². The SMILES string of the molecule is COCCNC(=O)CNc1ncc([N+](=O)[O-])cc1C#N. The Balaban J connectivity index is 2.62. The summed E-state index contributed by atoms with van der Waals surface area (Å²) in [5.41, 5.74) is -0.277. The zero-order valence-electron chi connectivity index (χ0n) is 10.8. The first-order chi connectivity index (χ1) is 9.58. The molecule has 0 unspecified atom stereocenters. The van der Waals surface area contributed by atoms with Crippen LogP contribution in [0.4, 0.5) is 11.5 Å². The molecule has 0 fully saturated rings. The average molecular weight is 279 g/mol. The minimum atomic E-state index is -0.644. The summed E-state index contributed by atoms with van der Waals surface area (Å²) in [5, 5.41) is 24.7. The van der Waals surface area contributed by atoms with Crippen molar-refractivity contribution in [3.8, 4) is 6.07 Å². The maximum atomic E-state index is 11.4. The third kappa shape index (κ3) is 4.51. The van der Waals surface area contributed by atoms with Crippen molar-refractivity contribution in [1.29, 1.82) is 5.26 Å². The number of nitrogens with one attached hydrogen (secondary N) is 2. The van der Waals surface area contributed by atoms with E-state index in [1.54, 1.807) is 6.07 Å². The van der Waals surface area contributed by atoms with E-state index >= 15 is 0 Å². The molecule has 0 bridgehead atoms. The third-order valence-corrected chi connectivity index (χ3v) is 2.25. The highest BCUT2D eigenvalue weighted by Crippen LogP contribution is 2.17. The summed E-state index contributed by atoms with van der Waals surface area (Å²) < 4.78 is 4.77. The van der Waals surface area contributed by atoms with Crippen molar-refractivity contribution < 1.29 is 14.5 Å². The lowest BCUT2D eigenvalue weighted by atomic mass is 10.2. The van der Waals surface area contributed by atoms with Gasteiger partial charge in [-0.05, 0) is 0 Å². The number of aromatic nitrogens is 1. The summed E-state index contributed by atoms with van der Waals surface area (Å²) in [6.07, 6.45) is 1.02. The second-order valence-corrected chi connectivity index (χ2v) is 3.65. The van der Waals surface area contributed by atoms with Gasteiger partial charge in [0.15, 0.2) is 0 Å². The van der Waals surface area contributed by atoms with Crippen molar-refractivity contribution >= 4 is 17.4 Å². The van der Waals surface area contributed by atoms with Crippen molar-refractivity contribution in [3.05, 3.63) is 27.9 Å². The summed E-state index contributed by atoms with van der Waals surface area (Å²) in [7, 11) is 1.52. The predicted octanol–water partition coefficient (Wildman–Crippen LogP) is 0.0360. The lowest BCUT2D eigenvalue weighted by molar-refractivity contribution is -0.385. The number of methoxy groups -OCH3 is 1. The molecule has 0 radical (unpaired) electrons. The van der Waals surface area contributed by atoms with Crippen LogP contribution in [0.3, 0.4) is 0 Å². The van der Waals surface area contributed by atoms with E-state index in [9.17, 15) is 14.9 Å². The van der Waals surface area contributed by atoms with Crippen molar-refractivity contribution in [1.82, 2.24) is 10.3 Å². The van der Waals surface area contributed by atoms with Gasteiger partial charge in [-0.15, -0.1) is 0 Å². The number of carbonyl (C=O) groups is 1. The van der Waals surface area contributed by atoms with E-state index < -0.39 is 4.92 Å². The highest BCUT2D eigenvalue weighted by molar-refractivity contribution is 5.80. The summed E-state index contributed by atoms with van der Waals surface area (Å²) in [6.45, 7) is 0.671. The fourth-order valence-corrected chi connectivity index (χ4v) is 1.30. The van der Waals surface area contributed by atoms with Gasteiger partial charge in [0.1, 0.15) is 23.6 Å². The molecule has 0 aliphatic carbocycles. The van der Waals surface area contributed by atoms with Crippen LogP contribution in [-0.4, -0.2) is 42.6 Å². The van der Waals surface area contributed by atoms with Crippen LogP contribution in [-0.2, 0) is 9.53 Å². The van der Waals surface area contributed by atoms with Gasteiger partial charge in [-0.3, -0.25) is 14.9 Å². The van der Waals surface area contributed by atoms with Crippen LogP contribution in [0, 0.1) is 21.4 Å². The van der Waals surface area contributed by atoms with Crippen molar-refractivity contribution in [2.45, 2.75) is 0 Å². The summed E-state index contributed by atoms with van der Waals surface area (Å²) in [5.74, 6) is -0.175. The fraction of sp³-hybridized carbons (Fsp3) is 0.364. The molecule has 1 heterocycles. The zero-order chi connectivity index (χ0) is 15.0. The topological polar surface area (TPSA) is 130 Å². The first kappa shape index (κ1) is 15.3. The van der Waals surface area contributed by atoms with Gasteiger partial charge in [-0.25, -0.2) is 4.98 Å². The Hall–Kier alpha value is -2.73. The molecule has 0 atom stereocenters. The number of nitrogens with zero attached hydrogens (tertiary/aromatic N) is 3. The van der Waals surface area contributed by atoms with Gasteiger partial charge in [0, 0.05) is 19.7 Å². The molecule has 106 valence electrons. The lowest BCUT2D eigenvalue weighted by Crippen LogP contribution is -2.32. The van der Waals surface area contributed by atoms with Crippen LogP contribution >= 0.6 is 0 Å². The predicted molar refractivity (Wildman–Crippen MR) is 69.0 cm³/mol. The molecule has 0 aliphatic rings. The molecule has 0 aromatic carbocycles. The number of rotatable bonds is 7. The maximum Gasteiger partial charge on any atom is 0.289 e. The number of nitriles is 1. The fourth-order valence-electron chi connectivity index (χ4n) is 1.30. The standard InChI is InChI=1S/C11H13N5O4/c1-20-3-2-13-10(17)7-15-11-8(5-12)4-9(6-14-11)16(18)19/h4,6H,2-3,7H2,1H3,(H,13,17)(H,14,15). The largest absolute Gasteiger partial charge is 0.383 e. The minimum Gasteiger partial charge on any atom is -0.383 e. The second-order valence-electron chi connectivity index (χ2n) is 3.65. The van der Waals surface area contributed by atoms with E-state index in [1.807, 2.05) is 0 Å². The Bertz CT molecular complexity index is 540. The molecule has 0 saturated heterocycles. The Labute approximate surface area is 114 Å². The van der Waals surface area contributed by atoms with Crippen LogP contribution in [0.1, 0.15) is 5.56 Å². The Morgan fingerprint density at radius 1 is 1.65 bits per heavy atom. The molecule has 1 aromatic heterocycles. The monoisotopic (exact) mass is 279 g/mol. The van der Waals surface area contributed by atoms with Crippen LogP contribution in [0.5, 0.6) is 0 Å². The number of carbonyl (C=O) groups excluding carboxylic acids is 1. The molecule has 2 N–H and O–H groups in total. The number of nitro groups is 1. The maximum absolute atomic E-state index is 11.4. The highest BCUT2D eigenvalue weighted by atomic mass is 16.6. The van der Waals surface area contributed by atoms with Gasteiger partial charge in [-0.1, -0.05) is 0 Å². The molecule has 0 aliphatic heterocycles. The number of hydrogen-bond donors (Lipinski definition) is 2. The molecule has 1 aromatic rings. The number of ether oxygens (including phenoxy) is 1. The van der Waals surface area contributed by atoms with E-state index in [1.165, 1.54) is 7.11 Å². The van der Waals surface area contributed by atoms with Crippen LogP contribution in [0.25, 0.3) is 0 Å². The van der Waals surface area contributed by atoms with Gasteiger partial charge in [-0.2, -0.15) is 5.26 Å². The Kier molecular flexibility index (Phi) is 5.86. The molecule has 0 saturated carbocycles. The number of hydrogen-bond acceptors (Lipinski definition) is 7. The highest BCUT2D eigenvalue weighted by Gasteiger charge is 2.12. The van der Waals surface area contributed by atoms with E-state index in [-0.39, 0.29) is 29.5 Å². The molecule has 9 nitrogen and oxygen atoms in total. The quantitative estimate of drug-likeness (QED) is 0.409. The van der Waals surface area contributed by atoms with Crippen molar-refractivity contribution in [2.75, 3.05) is 32.1 Å². The minimum absolute atomic E-state index is 0.00360. The smallest absolute Gasteiger partial charge is 0.289 e. The Morgan fingerprint density at radius 3 is 3.00 bits per heavy atom. The molecule has 1 rings (SSSR count). The normalized spacial score (nSPS) is 9.60. The van der Waals surface area contributed by atoms with Crippen molar-refractivity contribution in [2.24, 2.45) is 0 Å². The van der Waals surface area contributed by atoms with E-state index in [2.05, 4.69) is 15.6 Å².